The predicted octanol–water partition coefficient (Wildman–Crippen LogP) is 4.18. The monoisotopic (exact) mass is 508 g/mol. The van der Waals surface area contributed by atoms with Crippen LogP contribution in [0.3, 0.4) is 0 Å². The van der Waals surface area contributed by atoms with E-state index in [4.69, 9.17) is 9.47 Å². The van der Waals surface area contributed by atoms with Gasteiger partial charge in [0.15, 0.2) is 6.61 Å². The molecule has 1 aliphatic carbocycles. The number of ether oxygens (including phenoxy) is 2. The number of thiazole rings is 1. The number of nitriles is 1. The molecule has 10 heteroatoms. The van der Waals surface area contributed by atoms with Gasteiger partial charge in [-0.3, -0.25) is 14.5 Å². The van der Waals surface area contributed by atoms with Gasteiger partial charge in [0.2, 0.25) is 5.91 Å². The minimum absolute atomic E-state index is 0.131. The second-order valence-corrected chi connectivity index (χ2v) is 10.4. The summed E-state index contributed by atoms with van der Waals surface area (Å²) in [7, 11) is 1.66. The number of aryl methyl sites for hydroxylation is 1. The first-order valence-corrected chi connectivity index (χ1v) is 13.1. The van der Waals surface area contributed by atoms with Gasteiger partial charge in [-0.25, -0.2) is 4.98 Å². The molecule has 3 aromatic rings. The maximum absolute atomic E-state index is 13.0. The lowest BCUT2D eigenvalue weighted by Gasteiger charge is -2.29. The molecule has 1 aromatic carbocycles. The summed E-state index contributed by atoms with van der Waals surface area (Å²) in [6, 6.07) is 7.79. The number of hydrogen-bond acceptors (Lipinski definition) is 8. The van der Waals surface area contributed by atoms with E-state index in [0.717, 1.165) is 53.9 Å². The molecule has 5 rings (SSSR count). The van der Waals surface area contributed by atoms with E-state index in [9.17, 15) is 14.9 Å². The Labute approximate surface area is 211 Å². The lowest BCUT2D eigenvalue weighted by atomic mass is 9.96. The van der Waals surface area contributed by atoms with Gasteiger partial charge in [0.1, 0.15) is 23.4 Å². The van der Waals surface area contributed by atoms with Crippen LogP contribution in [-0.2, 0) is 33.6 Å². The van der Waals surface area contributed by atoms with E-state index in [0.29, 0.717) is 28.6 Å². The molecule has 35 heavy (non-hydrogen) atoms. The number of fused-ring (bicyclic) bond motifs is 2. The Morgan fingerprint density at radius 3 is 3.03 bits per heavy atom. The van der Waals surface area contributed by atoms with Crippen molar-refractivity contribution >= 4 is 45.2 Å². The number of nitrogens with one attached hydrogen (secondary N) is 1. The largest absolute Gasteiger partial charge is 0.482 e. The van der Waals surface area contributed by atoms with E-state index in [1.807, 2.05) is 17.5 Å². The van der Waals surface area contributed by atoms with Gasteiger partial charge in [-0.15, -0.1) is 22.7 Å². The first-order valence-electron chi connectivity index (χ1n) is 11.4. The van der Waals surface area contributed by atoms with Crippen molar-refractivity contribution in [2.45, 2.75) is 32.1 Å². The van der Waals surface area contributed by atoms with Crippen LogP contribution in [0, 0.1) is 11.3 Å². The Balaban J connectivity index is 1.37. The molecule has 0 saturated carbocycles. The molecule has 0 bridgehead atoms. The maximum atomic E-state index is 13.0. The fourth-order valence-corrected chi connectivity index (χ4v) is 6.41. The Hall–Kier alpha value is -3.26. The minimum atomic E-state index is -0.345. The normalized spacial score (nSPS) is 14.6. The van der Waals surface area contributed by atoms with Crippen molar-refractivity contribution in [1.29, 1.82) is 5.26 Å². The van der Waals surface area contributed by atoms with Crippen molar-refractivity contribution in [3.63, 3.8) is 0 Å². The van der Waals surface area contributed by atoms with Gasteiger partial charge in [-0.2, -0.15) is 5.26 Å². The summed E-state index contributed by atoms with van der Waals surface area (Å²) in [4.78, 5) is 33.0. The van der Waals surface area contributed by atoms with Crippen LogP contribution in [-0.4, -0.2) is 43.7 Å². The van der Waals surface area contributed by atoms with Gasteiger partial charge in [-0.05, 0) is 49.4 Å². The van der Waals surface area contributed by atoms with Crippen molar-refractivity contribution in [1.82, 2.24) is 4.98 Å². The number of carbonyl (C=O) groups is 2. The Bertz CT molecular complexity index is 1320. The number of hydrogen-bond donors (Lipinski definition) is 1. The molecule has 8 nitrogen and oxygen atoms in total. The summed E-state index contributed by atoms with van der Waals surface area (Å²) >= 11 is 3.03. The van der Waals surface area contributed by atoms with Crippen molar-refractivity contribution in [2.75, 3.05) is 37.1 Å². The molecule has 0 saturated heterocycles. The van der Waals surface area contributed by atoms with Gasteiger partial charge in [0.25, 0.3) is 5.91 Å². The number of nitrogens with zero attached hydrogens (tertiary/aromatic N) is 3. The fourth-order valence-electron chi connectivity index (χ4n) is 4.36. The maximum Gasteiger partial charge on any atom is 0.265 e. The summed E-state index contributed by atoms with van der Waals surface area (Å²) in [6.07, 6.45) is 4.69. The summed E-state index contributed by atoms with van der Waals surface area (Å²) in [6.45, 7) is 0.305. The molecule has 2 aromatic heterocycles. The number of anilines is 2. The minimum Gasteiger partial charge on any atom is -0.482 e. The molecule has 0 atom stereocenters. The van der Waals surface area contributed by atoms with Gasteiger partial charge in [0, 0.05) is 29.4 Å². The Morgan fingerprint density at radius 1 is 1.34 bits per heavy atom. The molecule has 180 valence electrons. The fraction of sp³-hybridized carbons (Fsp3) is 0.360. The van der Waals surface area contributed by atoms with Crippen molar-refractivity contribution in [3.05, 3.63) is 44.6 Å². The van der Waals surface area contributed by atoms with Gasteiger partial charge >= 0.3 is 0 Å². The summed E-state index contributed by atoms with van der Waals surface area (Å²) in [5.74, 6) is -0.0997. The summed E-state index contributed by atoms with van der Waals surface area (Å²) < 4.78 is 10.7. The van der Waals surface area contributed by atoms with Gasteiger partial charge in [-0.1, -0.05) is 0 Å². The van der Waals surface area contributed by atoms with Gasteiger partial charge < -0.3 is 14.8 Å². The standard InChI is InChI=1S/C25H24N4O4S2/c1-32-9-8-23-27-18(14-34-23)15-6-7-20-19(10-15)29(24(31)13-33-20)12-22(30)28-25-17(11-26)16-4-2-3-5-21(16)35-25/h6-7,10,14H,2-5,8-9,12-13H2,1H3,(H,28,30). The highest BCUT2D eigenvalue weighted by Crippen LogP contribution is 2.39. The predicted molar refractivity (Wildman–Crippen MR) is 135 cm³/mol. The number of aromatic nitrogens is 1. The second kappa shape index (κ2) is 10.2. The third-order valence-corrected chi connectivity index (χ3v) is 8.22. The molecule has 0 unspecified atom stereocenters. The van der Waals surface area contributed by atoms with Crippen LogP contribution in [0.25, 0.3) is 11.3 Å². The van der Waals surface area contributed by atoms with Crippen LogP contribution in [0.15, 0.2) is 23.6 Å². The summed E-state index contributed by atoms with van der Waals surface area (Å²) in [5, 5.41) is 16.1. The third kappa shape index (κ3) is 4.80. The van der Waals surface area contributed by atoms with Crippen LogP contribution in [0.2, 0.25) is 0 Å². The van der Waals surface area contributed by atoms with E-state index in [1.165, 1.54) is 21.1 Å². The van der Waals surface area contributed by atoms with Crippen LogP contribution in [0.1, 0.15) is 33.9 Å². The highest BCUT2D eigenvalue weighted by molar-refractivity contribution is 7.16. The zero-order valence-electron chi connectivity index (χ0n) is 19.3. The highest BCUT2D eigenvalue weighted by Gasteiger charge is 2.29. The van der Waals surface area contributed by atoms with Crippen LogP contribution in [0.5, 0.6) is 5.75 Å². The number of methoxy groups -OCH3 is 1. The number of thiophene rings is 1. The third-order valence-electron chi connectivity index (χ3n) is 6.11. The lowest BCUT2D eigenvalue weighted by molar-refractivity contribution is -0.123. The van der Waals surface area contributed by atoms with Gasteiger partial charge in [0.05, 0.1) is 28.6 Å². The quantitative estimate of drug-likeness (QED) is 0.514. The first-order chi connectivity index (χ1) is 17.1. The molecule has 2 aliphatic rings. The lowest BCUT2D eigenvalue weighted by Crippen LogP contribution is -2.43. The zero-order valence-corrected chi connectivity index (χ0v) is 20.9. The van der Waals surface area contributed by atoms with Crippen LogP contribution in [0.4, 0.5) is 10.7 Å². The molecule has 1 N–H and O–H groups in total. The molecule has 0 fully saturated rings. The molecule has 0 radical (unpaired) electrons. The average Bonchev–Trinajstić information content (AvgIpc) is 3.48. The van der Waals surface area contributed by atoms with E-state index in [-0.39, 0.29) is 25.0 Å². The zero-order chi connectivity index (χ0) is 24.4. The van der Waals surface area contributed by atoms with E-state index in [1.54, 1.807) is 24.5 Å². The molecule has 2 amide bonds. The Morgan fingerprint density at radius 2 is 2.20 bits per heavy atom. The first kappa shape index (κ1) is 23.5. The average molecular weight is 509 g/mol. The molecular weight excluding hydrogens is 484 g/mol. The van der Waals surface area contributed by atoms with Crippen molar-refractivity contribution < 1.29 is 19.1 Å². The number of rotatable bonds is 7. The molecule has 1 aliphatic heterocycles. The Kier molecular flexibility index (Phi) is 6.81. The second-order valence-electron chi connectivity index (χ2n) is 8.40. The number of carbonyl (C=O) groups excluding carboxylic acids is 2. The molecule has 3 heterocycles. The summed E-state index contributed by atoms with van der Waals surface area (Å²) in [5.41, 5.74) is 3.79. The number of amides is 2. The van der Waals surface area contributed by atoms with E-state index >= 15 is 0 Å². The van der Waals surface area contributed by atoms with E-state index < -0.39 is 0 Å². The highest BCUT2D eigenvalue weighted by atomic mass is 32.1. The number of benzene rings is 1. The van der Waals surface area contributed by atoms with Crippen LogP contribution >= 0.6 is 22.7 Å². The van der Waals surface area contributed by atoms with Crippen molar-refractivity contribution in [2.24, 2.45) is 0 Å². The molecule has 0 spiro atoms. The smallest absolute Gasteiger partial charge is 0.265 e. The topological polar surface area (TPSA) is 105 Å². The van der Waals surface area contributed by atoms with Crippen molar-refractivity contribution in [3.8, 4) is 23.1 Å². The molecular formula is C25H24N4O4S2. The van der Waals surface area contributed by atoms with E-state index in [2.05, 4.69) is 16.4 Å². The SMILES string of the molecule is COCCc1nc(-c2ccc3c(c2)N(CC(=O)Nc2sc4c(c2C#N)CCCC4)C(=O)CO3)cs1. The van der Waals surface area contributed by atoms with Crippen LogP contribution < -0.4 is 15.0 Å².